The van der Waals surface area contributed by atoms with Crippen LogP contribution in [-0.4, -0.2) is 25.2 Å². The third-order valence-electron chi connectivity index (χ3n) is 3.94. The normalized spacial score (nSPS) is 24.0. The average Bonchev–Trinajstić information content (AvgIpc) is 2.41. The van der Waals surface area contributed by atoms with E-state index in [0.717, 1.165) is 19.5 Å². The van der Waals surface area contributed by atoms with E-state index in [4.69, 9.17) is 11.6 Å². The summed E-state index contributed by atoms with van der Waals surface area (Å²) >= 11 is 5.91. The number of hydrogen-bond donors (Lipinski definition) is 1. The van der Waals surface area contributed by atoms with Gasteiger partial charge in [0, 0.05) is 25.2 Å². The number of hydrogen-bond acceptors (Lipinski definition) is 2. The lowest BCUT2D eigenvalue weighted by molar-refractivity contribution is 0.331. The summed E-state index contributed by atoms with van der Waals surface area (Å²) in [6, 6.07) is 5.96. The molecule has 0 saturated carbocycles. The summed E-state index contributed by atoms with van der Waals surface area (Å²) in [4.78, 5) is 2.18. The molecule has 1 aromatic rings. The summed E-state index contributed by atoms with van der Waals surface area (Å²) in [5.41, 5.74) is 0.631. The molecule has 19 heavy (non-hydrogen) atoms. The molecule has 1 N–H and O–H groups in total. The minimum absolute atomic E-state index is 0.201. The first kappa shape index (κ1) is 14.6. The molecule has 1 aromatic carbocycles. The molecule has 0 spiro atoms. The number of nitrogens with zero attached hydrogens (tertiary/aromatic N) is 1. The summed E-state index contributed by atoms with van der Waals surface area (Å²) < 4.78 is 14.3. The Bertz CT molecular complexity index is 436. The van der Waals surface area contributed by atoms with Crippen LogP contribution < -0.4 is 10.2 Å². The molecule has 1 heterocycles. The predicted molar refractivity (Wildman–Crippen MR) is 79.5 cm³/mol. The number of piperazine rings is 1. The van der Waals surface area contributed by atoms with Crippen LogP contribution in [0.4, 0.5) is 10.1 Å². The topological polar surface area (TPSA) is 15.3 Å². The Labute approximate surface area is 119 Å². The smallest absolute Gasteiger partial charge is 0.165 e. The number of nitrogens with one attached hydrogen (secondary N) is 1. The van der Waals surface area contributed by atoms with Gasteiger partial charge in [-0.3, -0.25) is 0 Å². The van der Waals surface area contributed by atoms with Gasteiger partial charge in [0.1, 0.15) is 0 Å². The van der Waals surface area contributed by atoms with Crippen LogP contribution in [-0.2, 0) is 0 Å². The molecule has 1 fully saturated rings. The summed E-state index contributed by atoms with van der Waals surface area (Å²) in [5.74, 6) is 0.162. The Morgan fingerprint density at radius 1 is 1.47 bits per heavy atom. The zero-order valence-electron chi connectivity index (χ0n) is 11.8. The highest BCUT2D eigenvalue weighted by atomic mass is 35.5. The molecule has 4 heteroatoms. The van der Waals surface area contributed by atoms with Crippen molar-refractivity contribution in [3.05, 3.63) is 29.0 Å². The second kappa shape index (κ2) is 6.10. The van der Waals surface area contributed by atoms with Crippen LogP contribution in [0.15, 0.2) is 18.2 Å². The van der Waals surface area contributed by atoms with Crippen molar-refractivity contribution in [2.45, 2.75) is 39.3 Å². The van der Waals surface area contributed by atoms with Gasteiger partial charge in [0.15, 0.2) is 5.82 Å². The molecule has 0 amide bonds. The number of halogens is 2. The largest absolute Gasteiger partial charge is 0.363 e. The second-order valence-corrected chi connectivity index (χ2v) is 5.96. The molecular formula is C15H22ClFN2. The van der Waals surface area contributed by atoms with Crippen molar-refractivity contribution in [1.29, 1.82) is 0 Å². The van der Waals surface area contributed by atoms with Gasteiger partial charge >= 0.3 is 0 Å². The van der Waals surface area contributed by atoms with Gasteiger partial charge in [-0.2, -0.15) is 0 Å². The molecule has 0 aliphatic carbocycles. The quantitative estimate of drug-likeness (QED) is 0.911. The first-order chi connectivity index (χ1) is 9.04. The van der Waals surface area contributed by atoms with E-state index in [9.17, 15) is 4.39 Å². The Hall–Kier alpha value is -0.800. The van der Waals surface area contributed by atoms with Crippen molar-refractivity contribution < 1.29 is 4.39 Å². The molecule has 2 rings (SSSR count). The molecule has 0 aromatic heterocycles. The molecule has 1 saturated heterocycles. The molecule has 0 radical (unpaired) electrons. The van der Waals surface area contributed by atoms with Crippen LogP contribution in [0.25, 0.3) is 0 Å². The fourth-order valence-electron chi connectivity index (χ4n) is 2.70. The molecule has 1 aliphatic rings. The molecule has 2 unspecified atom stereocenters. The van der Waals surface area contributed by atoms with Crippen LogP contribution in [0.1, 0.15) is 27.2 Å². The second-order valence-electron chi connectivity index (χ2n) is 5.55. The molecule has 106 valence electrons. The summed E-state index contributed by atoms with van der Waals surface area (Å²) in [7, 11) is 0. The van der Waals surface area contributed by atoms with Gasteiger partial charge in [0.05, 0.1) is 10.7 Å². The van der Waals surface area contributed by atoms with Gasteiger partial charge in [0.2, 0.25) is 0 Å². The lowest BCUT2D eigenvalue weighted by Crippen LogP contribution is -2.58. The summed E-state index contributed by atoms with van der Waals surface area (Å²) in [5, 5.41) is 3.74. The highest BCUT2D eigenvalue weighted by Gasteiger charge is 2.31. The predicted octanol–water partition coefficient (Wildman–Crippen LogP) is 3.69. The summed E-state index contributed by atoms with van der Waals surface area (Å²) in [6.07, 6.45) is 1.05. The maximum atomic E-state index is 14.3. The van der Waals surface area contributed by atoms with Gasteiger partial charge < -0.3 is 10.2 Å². The van der Waals surface area contributed by atoms with E-state index in [-0.39, 0.29) is 10.8 Å². The van der Waals surface area contributed by atoms with Crippen molar-refractivity contribution in [3.63, 3.8) is 0 Å². The van der Waals surface area contributed by atoms with Gasteiger partial charge in [-0.1, -0.05) is 38.4 Å². The van der Waals surface area contributed by atoms with Gasteiger partial charge in [-0.15, -0.1) is 0 Å². The fraction of sp³-hybridized carbons (Fsp3) is 0.600. The molecule has 2 nitrogen and oxygen atoms in total. The first-order valence-corrected chi connectivity index (χ1v) is 7.36. The SMILES string of the molecule is CCC1CN(c2cccc(Cl)c2F)C(C(C)C)CN1. The molecular weight excluding hydrogens is 263 g/mol. The lowest BCUT2D eigenvalue weighted by Gasteiger charge is -2.44. The van der Waals surface area contributed by atoms with Crippen molar-refractivity contribution in [2.75, 3.05) is 18.0 Å². The van der Waals surface area contributed by atoms with E-state index in [1.54, 1.807) is 6.07 Å². The van der Waals surface area contributed by atoms with Gasteiger partial charge in [0.25, 0.3) is 0 Å². The fourth-order valence-corrected chi connectivity index (χ4v) is 2.86. The van der Waals surface area contributed by atoms with Crippen molar-refractivity contribution >= 4 is 17.3 Å². The van der Waals surface area contributed by atoms with Crippen molar-refractivity contribution in [1.82, 2.24) is 5.32 Å². The Kier molecular flexibility index (Phi) is 4.69. The standard InChI is InChI=1S/C15H22ClFN2/c1-4-11-9-19(14(8-18-11)10(2)3)13-7-5-6-12(16)15(13)17/h5-7,10-11,14,18H,4,8-9H2,1-3H3. The zero-order chi connectivity index (χ0) is 14.0. The highest BCUT2D eigenvalue weighted by Crippen LogP contribution is 2.30. The van der Waals surface area contributed by atoms with E-state index < -0.39 is 0 Å². The van der Waals surface area contributed by atoms with E-state index in [1.807, 2.05) is 12.1 Å². The molecule has 1 aliphatic heterocycles. The molecule has 0 bridgehead atoms. The Morgan fingerprint density at radius 3 is 2.84 bits per heavy atom. The molecule has 2 atom stereocenters. The van der Waals surface area contributed by atoms with Crippen molar-refractivity contribution in [3.8, 4) is 0 Å². The number of anilines is 1. The highest BCUT2D eigenvalue weighted by molar-refractivity contribution is 6.31. The maximum Gasteiger partial charge on any atom is 0.165 e. The summed E-state index contributed by atoms with van der Waals surface area (Å²) in [6.45, 7) is 8.22. The third kappa shape index (κ3) is 3.03. The van der Waals surface area contributed by atoms with Crippen LogP contribution >= 0.6 is 11.6 Å². The number of rotatable bonds is 3. The van der Waals surface area contributed by atoms with Crippen LogP contribution in [0.3, 0.4) is 0 Å². The van der Waals surface area contributed by atoms with E-state index >= 15 is 0 Å². The first-order valence-electron chi connectivity index (χ1n) is 6.98. The van der Waals surface area contributed by atoms with E-state index in [2.05, 4.69) is 31.0 Å². The minimum atomic E-state index is -0.299. The maximum absolute atomic E-state index is 14.3. The van der Waals surface area contributed by atoms with E-state index in [0.29, 0.717) is 23.7 Å². The van der Waals surface area contributed by atoms with E-state index in [1.165, 1.54) is 0 Å². The van der Waals surface area contributed by atoms with Crippen LogP contribution in [0, 0.1) is 11.7 Å². The average molecular weight is 285 g/mol. The van der Waals surface area contributed by atoms with Gasteiger partial charge in [-0.25, -0.2) is 4.39 Å². The van der Waals surface area contributed by atoms with Gasteiger partial charge in [-0.05, 0) is 24.5 Å². The monoisotopic (exact) mass is 284 g/mol. The zero-order valence-corrected chi connectivity index (χ0v) is 12.5. The third-order valence-corrected chi connectivity index (χ3v) is 4.23. The Morgan fingerprint density at radius 2 is 2.21 bits per heavy atom. The van der Waals surface area contributed by atoms with Crippen LogP contribution in [0.2, 0.25) is 5.02 Å². The lowest BCUT2D eigenvalue weighted by atomic mass is 9.97. The van der Waals surface area contributed by atoms with Crippen LogP contribution in [0.5, 0.6) is 0 Å². The minimum Gasteiger partial charge on any atom is -0.363 e. The Balaban J connectivity index is 2.33. The number of benzene rings is 1. The van der Waals surface area contributed by atoms with Crippen molar-refractivity contribution in [2.24, 2.45) is 5.92 Å².